The van der Waals surface area contributed by atoms with Gasteiger partial charge in [0.25, 0.3) is 0 Å². The van der Waals surface area contributed by atoms with Gasteiger partial charge in [-0.05, 0) is 18.2 Å². The van der Waals surface area contributed by atoms with E-state index in [1.807, 2.05) is 27.7 Å². The summed E-state index contributed by atoms with van der Waals surface area (Å²) in [5, 5.41) is 1.25. The first-order chi connectivity index (χ1) is 11.2. The summed E-state index contributed by atoms with van der Waals surface area (Å²) in [5.41, 5.74) is 1.79. The maximum atomic E-state index is 14.1. The van der Waals surface area contributed by atoms with E-state index in [0.717, 1.165) is 0 Å². The van der Waals surface area contributed by atoms with Crippen molar-refractivity contribution in [3.63, 3.8) is 0 Å². The van der Waals surface area contributed by atoms with Gasteiger partial charge >= 0.3 is 0 Å². The van der Waals surface area contributed by atoms with Gasteiger partial charge < -0.3 is 9.72 Å². The van der Waals surface area contributed by atoms with Crippen LogP contribution in [-0.4, -0.2) is 17.1 Å². The molecule has 0 saturated heterocycles. The average Bonchev–Trinajstić information content (AvgIpc) is 3.03. The summed E-state index contributed by atoms with van der Waals surface area (Å²) in [6.07, 6.45) is 3.31. The topological polar surface area (TPSA) is 37.9 Å². The van der Waals surface area contributed by atoms with E-state index >= 15 is 0 Å². The zero-order valence-electron chi connectivity index (χ0n) is 14.1. The number of pyridine rings is 1. The van der Waals surface area contributed by atoms with Crippen LogP contribution in [0.15, 0.2) is 36.7 Å². The third-order valence-electron chi connectivity index (χ3n) is 2.99. The Morgan fingerprint density at radius 1 is 1.09 bits per heavy atom. The van der Waals surface area contributed by atoms with Crippen LogP contribution in [0.1, 0.15) is 27.7 Å². The summed E-state index contributed by atoms with van der Waals surface area (Å²) < 4.78 is 19.1. The Bertz CT molecular complexity index is 756. The number of aromatic nitrogens is 2. The molecule has 23 heavy (non-hydrogen) atoms. The molecule has 0 unspecified atom stereocenters. The van der Waals surface area contributed by atoms with Crippen LogP contribution in [0.3, 0.4) is 0 Å². The minimum Gasteiger partial charge on any atom is -0.497 e. The first kappa shape index (κ1) is 19.0. The predicted molar refractivity (Wildman–Crippen MR) is 95.7 cm³/mol. The van der Waals surface area contributed by atoms with Crippen LogP contribution < -0.4 is 4.74 Å². The van der Waals surface area contributed by atoms with Crippen LogP contribution in [0.25, 0.3) is 22.2 Å². The Morgan fingerprint density at radius 2 is 1.78 bits per heavy atom. The molecule has 0 aliphatic carbocycles. The second kappa shape index (κ2) is 9.16. The SMILES string of the molecule is CC.CC.COc1ccc(-c2c[nH]c3nccc(Cl)c23)c(F)c1. The van der Waals surface area contributed by atoms with Gasteiger partial charge in [-0.15, -0.1) is 0 Å². The normalized spacial score (nSPS) is 9.52. The molecule has 0 atom stereocenters. The molecule has 2 heterocycles. The lowest BCUT2D eigenvalue weighted by Gasteiger charge is -2.05. The largest absolute Gasteiger partial charge is 0.497 e. The maximum absolute atomic E-state index is 14.1. The maximum Gasteiger partial charge on any atom is 0.139 e. The number of aromatic amines is 1. The van der Waals surface area contributed by atoms with Crippen LogP contribution in [0.4, 0.5) is 4.39 Å². The molecule has 0 saturated carbocycles. The summed E-state index contributed by atoms with van der Waals surface area (Å²) in [6.45, 7) is 8.00. The van der Waals surface area contributed by atoms with Crippen molar-refractivity contribution >= 4 is 22.6 Å². The molecular weight excluding hydrogens is 315 g/mol. The van der Waals surface area contributed by atoms with Crippen molar-refractivity contribution in [3.05, 3.63) is 47.5 Å². The van der Waals surface area contributed by atoms with Gasteiger partial charge in [-0.3, -0.25) is 0 Å². The van der Waals surface area contributed by atoms with Crippen molar-refractivity contribution in [3.8, 4) is 16.9 Å². The molecule has 0 bridgehead atoms. The summed E-state index contributed by atoms with van der Waals surface area (Å²) >= 11 is 6.16. The fourth-order valence-corrected chi connectivity index (χ4v) is 2.32. The highest BCUT2D eigenvalue weighted by atomic mass is 35.5. The Balaban J connectivity index is 0.000000615. The molecule has 5 heteroatoms. The first-order valence-corrected chi connectivity index (χ1v) is 8.04. The van der Waals surface area contributed by atoms with E-state index in [0.29, 0.717) is 32.9 Å². The second-order valence-electron chi connectivity index (χ2n) is 4.06. The number of halogens is 2. The van der Waals surface area contributed by atoms with E-state index < -0.39 is 0 Å². The van der Waals surface area contributed by atoms with E-state index in [2.05, 4.69) is 9.97 Å². The van der Waals surface area contributed by atoms with E-state index in [9.17, 15) is 4.39 Å². The molecule has 1 aromatic carbocycles. The molecular formula is C18H22ClFN2O. The lowest BCUT2D eigenvalue weighted by atomic mass is 10.1. The Labute approximate surface area is 141 Å². The van der Waals surface area contributed by atoms with Gasteiger partial charge in [0.2, 0.25) is 0 Å². The monoisotopic (exact) mass is 336 g/mol. The van der Waals surface area contributed by atoms with Gasteiger partial charge in [0.1, 0.15) is 17.2 Å². The van der Waals surface area contributed by atoms with E-state index in [1.54, 1.807) is 30.6 Å². The number of rotatable bonds is 2. The lowest BCUT2D eigenvalue weighted by molar-refractivity contribution is 0.411. The Kier molecular flexibility index (Phi) is 7.55. The molecule has 124 valence electrons. The third-order valence-corrected chi connectivity index (χ3v) is 3.30. The number of nitrogens with zero attached hydrogens (tertiary/aromatic N) is 1. The molecule has 2 aromatic heterocycles. The summed E-state index contributed by atoms with van der Waals surface area (Å²) in [4.78, 5) is 7.15. The molecule has 0 amide bonds. The highest BCUT2D eigenvalue weighted by Crippen LogP contribution is 2.34. The number of H-pyrrole nitrogens is 1. The van der Waals surface area contributed by atoms with Crippen molar-refractivity contribution in [2.24, 2.45) is 0 Å². The van der Waals surface area contributed by atoms with Crippen LogP contribution in [0.2, 0.25) is 5.02 Å². The highest BCUT2D eigenvalue weighted by Gasteiger charge is 2.14. The molecule has 0 fully saturated rings. The molecule has 0 spiro atoms. The van der Waals surface area contributed by atoms with Gasteiger partial charge in [0, 0.05) is 35.0 Å². The van der Waals surface area contributed by atoms with Crippen molar-refractivity contribution in [1.29, 1.82) is 0 Å². The average molecular weight is 337 g/mol. The molecule has 3 rings (SSSR count). The number of nitrogens with one attached hydrogen (secondary N) is 1. The zero-order chi connectivity index (χ0) is 17.4. The molecule has 1 N–H and O–H groups in total. The van der Waals surface area contributed by atoms with Crippen molar-refractivity contribution in [2.45, 2.75) is 27.7 Å². The zero-order valence-corrected chi connectivity index (χ0v) is 14.8. The smallest absolute Gasteiger partial charge is 0.139 e. The fraction of sp³-hybridized carbons (Fsp3) is 0.278. The third kappa shape index (κ3) is 4.02. The van der Waals surface area contributed by atoms with Crippen molar-refractivity contribution in [1.82, 2.24) is 9.97 Å². The molecule has 0 radical (unpaired) electrons. The summed E-state index contributed by atoms with van der Waals surface area (Å²) in [6, 6.07) is 6.41. The minimum atomic E-state index is -0.361. The molecule has 0 aliphatic rings. The van der Waals surface area contributed by atoms with Gasteiger partial charge in [-0.25, -0.2) is 9.37 Å². The molecule has 3 nitrogen and oxygen atoms in total. The quantitative estimate of drug-likeness (QED) is 0.615. The van der Waals surface area contributed by atoms with Crippen LogP contribution in [0.5, 0.6) is 5.75 Å². The van der Waals surface area contributed by atoms with E-state index in [1.165, 1.54) is 13.2 Å². The standard InChI is InChI=1S/C14H10ClFN2O.2C2H6/c1-19-8-2-3-9(12(16)6-8)10-7-18-14-13(10)11(15)4-5-17-14;2*1-2/h2-7H,1H3,(H,17,18);2*1-2H3. The fourth-order valence-electron chi connectivity index (χ4n) is 2.07. The molecule has 3 aromatic rings. The predicted octanol–water partition coefficient (Wildman–Crippen LogP) is 6.08. The highest BCUT2D eigenvalue weighted by molar-refractivity contribution is 6.36. The van der Waals surface area contributed by atoms with Gasteiger partial charge in [0.05, 0.1) is 12.1 Å². The van der Waals surface area contributed by atoms with Crippen LogP contribution >= 0.6 is 11.6 Å². The molecule has 0 aliphatic heterocycles. The van der Waals surface area contributed by atoms with Crippen molar-refractivity contribution < 1.29 is 9.13 Å². The summed E-state index contributed by atoms with van der Waals surface area (Å²) in [7, 11) is 1.50. The second-order valence-corrected chi connectivity index (χ2v) is 4.47. The van der Waals surface area contributed by atoms with E-state index in [-0.39, 0.29) is 5.82 Å². The summed E-state index contributed by atoms with van der Waals surface area (Å²) in [5.74, 6) is 0.116. The number of ether oxygens (including phenoxy) is 1. The van der Waals surface area contributed by atoms with Crippen molar-refractivity contribution in [2.75, 3.05) is 7.11 Å². The van der Waals surface area contributed by atoms with Gasteiger partial charge in [-0.1, -0.05) is 39.3 Å². The lowest BCUT2D eigenvalue weighted by Crippen LogP contribution is -1.87. The van der Waals surface area contributed by atoms with Gasteiger partial charge in [-0.2, -0.15) is 0 Å². The number of methoxy groups -OCH3 is 1. The Hall–Kier alpha value is -2.07. The number of benzene rings is 1. The first-order valence-electron chi connectivity index (χ1n) is 7.66. The minimum absolute atomic E-state index is 0.361. The number of hydrogen-bond acceptors (Lipinski definition) is 2. The van der Waals surface area contributed by atoms with Crippen LogP contribution in [-0.2, 0) is 0 Å². The Morgan fingerprint density at radius 3 is 2.39 bits per heavy atom. The number of fused-ring (bicyclic) bond motifs is 1. The van der Waals surface area contributed by atoms with Crippen LogP contribution in [0, 0.1) is 5.82 Å². The number of hydrogen-bond donors (Lipinski definition) is 1. The van der Waals surface area contributed by atoms with Gasteiger partial charge in [0.15, 0.2) is 0 Å². The van der Waals surface area contributed by atoms with E-state index in [4.69, 9.17) is 16.3 Å².